The molecule has 6 rings (SSSR count). The summed E-state index contributed by atoms with van der Waals surface area (Å²) in [7, 11) is 0. The van der Waals surface area contributed by atoms with Crippen LogP contribution in [0.4, 0.5) is 5.69 Å². The predicted octanol–water partition coefficient (Wildman–Crippen LogP) is 6.89. The van der Waals surface area contributed by atoms with Crippen LogP contribution < -0.4 is 10.1 Å². The minimum atomic E-state index is -0.285. The largest absolute Gasteiger partial charge is 0.489 e. The van der Waals surface area contributed by atoms with Crippen LogP contribution in [0.15, 0.2) is 128 Å². The number of para-hydroxylation sites is 1. The van der Waals surface area contributed by atoms with Crippen LogP contribution in [-0.4, -0.2) is 20.5 Å². The number of aromatic nitrogens is 3. The van der Waals surface area contributed by atoms with Gasteiger partial charge in [-0.1, -0.05) is 91.0 Å². The van der Waals surface area contributed by atoms with Gasteiger partial charge in [0.25, 0.3) is 5.91 Å². The fourth-order valence-electron chi connectivity index (χ4n) is 4.32. The van der Waals surface area contributed by atoms with Gasteiger partial charge in [-0.2, -0.15) is 5.10 Å². The standard InChI is InChI=1S/C32H24N4O2/c37-32(35-29-14-8-7-13-27(29)24-11-5-2-6-12-24)30-19-20-36-31(34-30)28(21-33-36)25-15-17-26(18-16-25)38-22-23-9-3-1-4-10-23/h1-21H,22H2,(H,35,37). The van der Waals surface area contributed by atoms with E-state index in [-0.39, 0.29) is 5.91 Å². The molecule has 1 amide bonds. The van der Waals surface area contributed by atoms with E-state index in [4.69, 9.17) is 4.74 Å². The molecule has 0 aliphatic rings. The first-order valence-electron chi connectivity index (χ1n) is 12.3. The quantitative estimate of drug-likeness (QED) is 0.261. The van der Waals surface area contributed by atoms with E-state index < -0.39 is 0 Å². The summed E-state index contributed by atoms with van der Waals surface area (Å²) in [6.45, 7) is 0.504. The molecule has 184 valence electrons. The molecule has 1 N–H and O–H groups in total. The van der Waals surface area contributed by atoms with Crippen LogP contribution in [0.3, 0.4) is 0 Å². The Bertz CT molecular complexity index is 1700. The van der Waals surface area contributed by atoms with Gasteiger partial charge in [0.05, 0.1) is 6.20 Å². The zero-order chi connectivity index (χ0) is 25.7. The highest BCUT2D eigenvalue weighted by atomic mass is 16.5. The summed E-state index contributed by atoms with van der Waals surface area (Å²) in [6, 6.07) is 37.2. The maximum absolute atomic E-state index is 13.2. The van der Waals surface area contributed by atoms with E-state index in [1.165, 1.54) is 0 Å². The van der Waals surface area contributed by atoms with Crippen LogP contribution in [0.25, 0.3) is 27.9 Å². The van der Waals surface area contributed by atoms with E-state index >= 15 is 0 Å². The molecular formula is C32H24N4O2. The van der Waals surface area contributed by atoms with Crippen molar-refractivity contribution >= 4 is 17.2 Å². The van der Waals surface area contributed by atoms with Crippen molar-refractivity contribution in [3.8, 4) is 28.0 Å². The molecule has 0 aliphatic heterocycles. The number of benzene rings is 4. The zero-order valence-electron chi connectivity index (χ0n) is 20.5. The van der Waals surface area contributed by atoms with E-state index in [0.717, 1.165) is 39.3 Å². The number of nitrogens with one attached hydrogen (secondary N) is 1. The summed E-state index contributed by atoms with van der Waals surface area (Å²) in [4.78, 5) is 17.9. The predicted molar refractivity (Wildman–Crippen MR) is 149 cm³/mol. The fourth-order valence-corrected chi connectivity index (χ4v) is 4.32. The van der Waals surface area contributed by atoms with Gasteiger partial charge in [-0.15, -0.1) is 0 Å². The summed E-state index contributed by atoms with van der Waals surface area (Å²) in [5.74, 6) is 0.492. The average molecular weight is 497 g/mol. The third-order valence-corrected chi connectivity index (χ3v) is 6.28. The van der Waals surface area contributed by atoms with Gasteiger partial charge in [0.1, 0.15) is 18.1 Å². The monoisotopic (exact) mass is 496 g/mol. The van der Waals surface area contributed by atoms with Gasteiger partial charge in [0.15, 0.2) is 5.65 Å². The molecular weight excluding hydrogens is 472 g/mol. The molecule has 0 saturated heterocycles. The number of hydrogen-bond acceptors (Lipinski definition) is 4. The molecule has 0 saturated carbocycles. The first kappa shape index (κ1) is 23.2. The molecule has 6 nitrogen and oxygen atoms in total. The average Bonchev–Trinajstić information content (AvgIpc) is 3.41. The van der Waals surface area contributed by atoms with Crippen molar-refractivity contribution in [3.05, 3.63) is 139 Å². The van der Waals surface area contributed by atoms with Gasteiger partial charge in [-0.3, -0.25) is 4.79 Å². The van der Waals surface area contributed by atoms with Crippen molar-refractivity contribution in [2.75, 3.05) is 5.32 Å². The Morgan fingerprint density at radius 2 is 1.42 bits per heavy atom. The minimum absolute atomic E-state index is 0.285. The molecule has 0 spiro atoms. The first-order valence-corrected chi connectivity index (χ1v) is 12.3. The number of anilines is 1. The number of fused-ring (bicyclic) bond motifs is 1. The lowest BCUT2D eigenvalue weighted by Crippen LogP contribution is -2.15. The second kappa shape index (κ2) is 10.4. The molecule has 4 aromatic carbocycles. The van der Waals surface area contributed by atoms with Crippen LogP contribution >= 0.6 is 0 Å². The van der Waals surface area contributed by atoms with Crippen LogP contribution in [0.2, 0.25) is 0 Å². The Morgan fingerprint density at radius 1 is 0.737 bits per heavy atom. The van der Waals surface area contributed by atoms with E-state index in [1.807, 2.05) is 109 Å². The maximum atomic E-state index is 13.2. The Morgan fingerprint density at radius 3 is 2.21 bits per heavy atom. The van der Waals surface area contributed by atoms with E-state index in [2.05, 4.69) is 15.4 Å². The summed E-state index contributed by atoms with van der Waals surface area (Å²) in [5.41, 5.74) is 6.50. The van der Waals surface area contributed by atoms with Gasteiger partial charge in [-0.05, 0) is 41.0 Å². The molecule has 0 radical (unpaired) electrons. The summed E-state index contributed by atoms with van der Waals surface area (Å²) in [5, 5.41) is 7.45. The summed E-state index contributed by atoms with van der Waals surface area (Å²) < 4.78 is 7.58. The molecule has 2 heterocycles. The third kappa shape index (κ3) is 4.88. The molecule has 0 aliphatic carbocycles. The van der Waals surface area contributed by atoms with Crippen molar-refractivity contribution in [2.24, 2.45) is 0 Å². The number of hydrogen-bond donors (Lipinski definition) is 1. The van der Waals surface area contributed by atoms with Gasteiger partial charge < -0.3 is 10.1 Å². The van der Waals surface area contributed by atoms with Gasteiger partial charge in [-0.25, -0.2) is 9.50 Å². The molecule has 6 heteroatoms. The molecule has 0 bridgehead atoms. The lowest BCUT2D eigenvalue weighted by Gasteiger charge is -2.11. The van der Waals surface area contributed by atoms with E-state index in [0.29, 0.717) is 17.9 Å². The van der Waals surface area contributed by atoms with Crippen LogP contribution in [0.1, 0.15) is 16.1 Å². The van der Waals surface area contributed by atoms with Crippen molar-refractivity contribution in [1.29, 1.82) is 0 Å². The molecule has 6 aromatic rings. The maximum Gasteiger partial charge on any atom is 0.274 e. The molecule has 0 atom stereocenters. The molecule has 2 aromatic heterocycles. The number of nitrogens with zero attached hydrogens (tertiary/aromatic N) is 3. The van der Waals surface area contributed by atoms with Crippen molar-refractivity contribution in [2.45, 2.75) is 6.61 Å². The summed E-state index contributed by atoms with van der Waals surface area (Å²) in [6.07, 6.45) is 3.51. The van der Waals surface area contributed by atoms with Gasteiger partial charge >= 0.3 is 0 Å². The number of carbonyl (C=O) groups excluding carboxylic acids is 1. The number of amides is 1. The van der Waals surface area contributed by atoms with Crippen LogP contribution in [0.5, 0.6) is 5.75 Å². The molecule has 0 fully saturated rings. The van der Waals surface area contributed by atoms with E-state index in [9.17, 15) is 4.79 Å². The Kier molecular flexibility index (Phi) is 6.35. The topological polar surface area (TPSA) is 68.5 Å². The number of carbonyl (C=O) groups is 1. The smallest absolute Gasteiger partial charge is 0.274 e. The lowest BCUT2D eigenvalue weighted by atomic mass is 10.0. The number of rotatable bonds is 7. The van der Waals surface area contributed by atoms with E-state index in [1.54, 1.807) is 23.0 Å². The highest BCUT2D eigenvalue weighted by Crippen LogP contribution is 2.29. The summed E-state index contributed by atoms with van der Waals surface area (Å²) >= 11 is 0. The third-order valence-electron chi connectivity index (χ3n) is 6.28. The van der Waals surface area contributed by atoms with Crippen LogP contribution in [0, 0.1) is 0 Å². The fraction of sp³-hybridized carbons (Fsp3) is 0.0312. The van der Waals surface area contributed by atoms with Gasteiger partial charge in [0.2, 0.25) is 0 Å². The normalized spacial score (nSPS) is 10.8. The minimum Gasteiger partial charge on any atom is -0.489 e. The Balaban J connectivity index is 1.23. The molecule has 38 heavy (non-hydrogen) atoms. The van der Waals surface area contributed by atoms with Crippen molar-refractivity contribution in [1.82, 2.24) is 14.6 Å². The second-order valence-corrected chi connectivity index (χ2v) is 8.80. The molecule has 0 unspecified atom stereocenters. The number of ether oxygens (including phenoxy) is 1. The Hall–Kier alpha value is -5.23. The lowest BCUT2D eigenvalue weighted by molar-refractivity contribution is 0.102. The van der Waals surface area contributed by atoms with Gasteiger partial charge in [0, 0.05) is 23.0 Å². The highest BCUT2D eigenvalue weighted by Gasteiger charge is 2.15. The Labute approximate surface area is 220 Å². The first-order chi connectivity index (χ1) is 18.7. The second-order valence-electron chi connectivity index (χ2n) is 8.80. The zero-order valence-corrected chi connectivity index (χ0v) is 20.5. The van der Waals surface area contributed by atoms with Crippen LogP contribution in [-0.2, 0) is 6.61 Å². The highest BCUT2D eigenvalue weighted by molar-refractivity contribution is 6.05. The van der Waals surface area contributed by atoms with Crippen molar-refractivity contribution in [3.63, 3.8) is 0 Å². The van der Waals surface area contributed by atoms with Crippen molar-refractivity contribution < 1.29 is 9.53 Å². The SMILES string of the molecule is O=C(Nc1ccccc1-c1ccccc1)c1ccn2ncc(-c3ccc(OCc4ccccc4)cc3)c2n1.